The van der Waals surface area contributed by atoms with E-state index in [-0.39, 0.29) is 0 Å². The van der Waals surface area contributed by atoms with Crippen LogP contribution in [0.15, 0.2) is 54.6 Å². The number of hydrogen-bond donors (Lipinski definition) is 1. The lowest BCUT2D eigenvalue weighted by Gasteiger charge is -2.29. The van der Waals surface area contributed by atoms with Crippen LogP contribution in [0.3, 0.4) is 0 Å². The van der Waals surface area contributed by atoms with E-state index in [9.17, 15) is 4.79 Å². The molecule has 0 aromatic heterocycles. The maximum Gasteiger partial charge on any atom is 0.335 e. The fourth-order valence-electron chi connectivity index (χ4n) is 3.51. The third-order valence-electron chi connectivity index (χ3n) is 4.90. The van der Waals surface area contributed by atoms with Crippen LogP contribution in [0.4, 0.5) is 0 Å². The average Bonchev–Trinajstić information content (AvgIpc) is 2.78. The van der Waals surface area contributed by atoms with Gasteiger partial charge in [-0.3, -0.25) is 9.80 Å². The van der Waals surface area contributed by atoms with Gasteiger partial charge in [0, 0.05) is 32.2 Å². The molecule has 1 aliphatic rings. The van der Waals surface area contributed by atoms with E-state index in [1.807, 2.05) is 12.1 Å². The van der Waals surface area contributed by atoms with Gasteiger partial charge >= 0.3 is 5.97 Å². The van der Waals surface area contributed by atoms with Crippen LogP contribution in [0, 0.1) is 0 Å². The molecule has 0 radical (unpaired) electrons. The molecule has 0 amide bonds. The normalized spacial score (nSPS) is 19.5. The average molecular weight is 338 g/mol. The standard InChI is InChI=1S/C21H26N2O2/c1-17-14-22(15-18-6-3-2-4-7-18)12-5-13-23(17)16-19-8-10-20(11-9-19)21(24)25/h2-4,6-11,17H,5,12-16H2,1H3,(H,24,25). The maximum absolute atomic E-state index is 11.0. The summed E-state index contributed by atoms with van der Waals surface area (Å²) in [6.07, 6.45) is 1.16. The molecular formula is C21H26N2O2. The summed E-state index contributed by atoms with van der Waals surface area (Å²) in [6, 6.07) is 18.4. The Morgan fingerprint density at radius 3 is 2.36 bits per heavy atom. The molecular weight excluding hydrogens is 312 g/mol. The van der Waals surface area contributed by atoms with E-state index >= 15 is 0 Å². The maximum atomic E-state index is 11.0. The van der Waals surface area contributed by atoms with Crippen molar-refractivity contribution >= 4 is 5.97 Å². The van der Waals surface area contributed by atoms with Crippen LogP contribution in [0.25, 0.3) is 0 Å². The molecule has 4 nitrogen and oxygen atoms in total. The Morgan fingerprint density at radius 1 is 1.00 bits per heavy atom. The number of aromatic carboxylic acids is 1. The van der Waals surface area contributed by atoms with E-state index in [4.69, 9.17) is 5.11 Å². The van der Waals surface area contributed by atoms with Crippen LogP contribution in [0.5, 0.6) is 0 Å². The molecule has 0 spiro atoms. The lowest BCUT2D eigenvalue weighted by molar-refractivity contribution is 0.0697. The Kier molecular flexibility index (Phi) is 5.84. The van der Waals surface area contributed by atoms with Crippen LogP contribution >= 0.6 is 0 Å². The molecule has 2 aromatic carbocycles. The molecule has 1 fully saturated rings. The van der Waals surface area contributed by atoms with Gasteiger partial charge < -0.3 is 5.11 Å². The van der Waals surface area contributed by atoms with Crippen molar-refractivity contribution in [2.45, 2.75) is 32.5 Å². The van der Waals surface area contributed by atoms with Crippen molar-refractivity contribution in [3.8, 4) is 0 Å². The van der Waals surface area contributed by atoms with E-state index in [1.165, 1.54) is 11.1 Å². The summed E-state index contributed by atoms with van der Waals surface area (Å²) in [7, 11) is 0. The molecule has 1 atom stereocenters. The molecule has 3 rings (SSSR count). The summed E-state index contributed by atoms with van der Waals surface area (Å²) >= 11 is 0. The Morgan fingerprint density at radius 2 is 1.68 bits per heavy atom. The number of carboxylic acid groups (broad SMARTS) is 1. The van der Waals surface area contributed by atoms with Crippen molar-refractivity contribution < 1.29 is 9.90 Å². The van der Waals surface area contributed by atoms with Crippen LogP contribution in [-0.4, -0.2) is 46.6 Å². The molecule has 132 valence electrons. The first-order valence-electron chi connectivity index (χ1n) is 8.94. The number of nitrogens with zero attached hydrogens (tertiary/aromatic N) is 2. The fraction of sp³-hybridized carbons (Fsp3) is 0.381. The predicted octanol–water partition coefficient (Wildman–Crippen LogP) is 3.48. The molecule has 1 heterocycles. The van der Waals surface area contributed by atoms with E-state index in [0.717, 1.165) is 39.1 Å². The first-order valence-corrected chi connectivity index (χ1v) is 8.94. The van der Waals surface area contributed by atoms with E-state index < -0.39 is 5.97 Å². The summed E-state index contributed by atoms with van der Waals surface area (Å²) in [5.41, 5.74) is 2.89. The second-order valence-corrected chi connectivity index (χ2v) is 6.90. The van der Waals surface area contributed by atoms with Crippen molar-refractivity contribution in [3.05, 3.63) is 71.3 Å². The SMILES string of the molecule is CC1CN(Cc2ccccc2)CCCN1Cc1ccc(C(=O)O)cc1. The van der Waals surface area contributed by atoms with Crippen LogP contribution in [0.1, 0.15) is 34.8 Å². The van der Waals surface area contributed by atoms with Crippen molar-refractivity contribution in [2.75, 3.05) is 19.6 Å². The minimum Gasteiger partial charge on any atom is -0.478 e. The molecule has 1 N–H and O–H groups in total. The van der Waals surface area contributed by atoms with Gasteiger partial charge in [-0.25, -0.2) is 4.79 Å². The lowest BCUT2D eigenvalue weighted by atomic mass is 10.1. The van der Waals surface area contributed by atoms with E-state index in [2.05, 4.69) is 47.1 Å². The highest BCUT2D eigenvalue weighted by Gasteiger charge is 2.21. The molecule has 0 aliphatic carbocycles. The van der Waals surface area contributed by atoms with Crippen molar-refractivity contribution in [3.63, 3.8) is 0 Å². The smallest absolute Gasteiger partial charge is 0.335 e. The first-order chi connectivity index (χ1) is 12.1. The summed E-state index contributed by atoms with van der Waals surface area (Å²) in [4.78, 5) is 16.0. The van der Waals surface area contributed by atoms with E-state index in [0.29, 0.717) is 11.6 Å². The minimum atomic E-state index is -0.869. The highest BCUT2D eigenvalue weighted by molar-refractivity contribution is 5.87. The van der Waals surface area contributed by atoms with Gasteiger partial charge in [0.1, 0.15) is 0 Å². The quantitative estimate of drug-likeness (QED) is 0.906. The zero-order valence-electron chi connectivity index (χ0n) is 14.8. The lowest BCUT2D eigenvalue weighted by Crippen LogP contribution is -2.38. The molecule has 1 unspecified atom stereocenters. The second kappa shape index (κ2) is 8.28. The zero-order valence-corrected chi connectivity index (χ0v) is 14.8. The van der Waals surface area contributed by atoms with Crippen molar-refractivity contribution in [1.82, 2.24) is 9.80 Å². The number of carbonyl (C=O) groups is 1. The zero-order chi connectivity index (χ0) is 17.6. The monoisotopic (exact) mass is 338 g/mol. The van der Waals surface area contributed by atoms with E-state index in [1.54, 1.807) is 12.1 Å². The Hall–Kier alpha value is -2.17. The summed E-state index contributed by atoms with van der Waals surface area (Å²) in [6.45, 7) is 7.42. The van der Waals surface area contributed by atoms with Gasteiger partial charge in [0.25, 0.3) is 0 Å². The van der Waals surface area contributed by atoms with Gasteiger partial charge in [-0.1, -0.05) is 42.5 Å². The van der Waals surface area contributed by atoms with Crippen LogP contribution < -0.4 is 0 Å². The molecule has 1 aliphatic heterocycles. The number of rotatable bonds is 5. The predicted molar refractivity (Wildman–Crippen MR) is 99.6 cm³/mol. The van der Waals surface area contributed by atoms with Gasteiger partial charge in [0.2, 0.25) is 0 Å². The Balaban J connectivity index is 1.59. The Bertz CT molecular complexity index is 685. The fourth-order valence-corrected chi connectivity index (χ4v) is 3.51. The van der Waals surface area contributed by atoms with Gasteiger partial charge in [0.15, 0.2) is 0 Å². The largest absolute Gasteiger partial charge is 0.478 e. The summed E-state index contributed by atoms with van der Waals surface area (Å²) < 4.78 is 0. The third-order valence-corrected chi connectivity index (χ3v) is 4.90. The van der Waals surface area contributed by atoms with Gasteiger partial charge in [-0.2, -0.15) is 0 Å². The van der Waals surface area contributed by atoms with Crippen LogP contribution in [0.2, 0.25) is 0 Å². The molecule has 4 heteroatoms. The number of benzene rings is 2. The molecule has 0 saturated carbocycles. The van der Waals surface area contributed by atoms with Gasteiger partial charge in [-0.15, -0.1) is 0 Å². The number of carboxylic acids is 1. The van der Waals surface area contributed by atoms with Gasteiger partial charge in [-0.05, 0) is 43.1 Å². The van der Waals surface area contributed by atoms with Gasteiger partial charge in [0.05, 0.1) is 5.56 Å². The summed E-state index contributed by atoms with van der Waals surface area (Å²) in [5, 5.41) is 9.01. The third kappa shape index (κ3) is 4.91. The minimum absolute atomic E-state index is 0.349. The summed E-state index contributed by atoms with van der Waals surface area (Å²) in [5.74, 6) is -0.869. The molecule has 1 saturated heterocycles. The van der Waals surface area contributed by atoms with Crippen molar-refractivity contribution in [1.29, 1.82) is 0 Å². The molecule has 0 bridgehead atoms. The van der Waals surface area contributed by atoms with Crippen molar-refractivity contribution in [2.24, 2.45) is 0 Å². The topological polar surface area (TPSA) is 43.8 Å². The first kappa shape index (κ1) is 17.6. The Labute approximate surface area is 149 Å². The molecule has 25 heavy (non-hydrogen) atoms. The highest BCUT2D eigenvalue weighted by Crippen LogP contribution is 2.16. The molecule has 2 aromatic rings. The highest BCUT2D eigenvalue weighted by atomic mass is 16.4. The van der Waals surface area contributed by atoms with Crippen LogP contribution in [-0.2, 0) is 13.1 Å². The second-order valence-electron chi connectivity index (χ2n) is 6.90. The number of hydrogen-bond acceptors (Lipinski definition) is 3.